The maximum atomic E-state index is 10.4. The van der Waals surface area contributed by atoms with Gasteiger partial charge in [-0.3, -0.25) is 4.79 Å². The molecule has 20 heavy (non-hydrogen) atoms. The van der Waals surface area contributed by atoms with E-state index in [-0.39, 0.29) is 6.42 Å². The van der Waals surface area contributed by atoms with E-state index >= 15 is 0 Å². The van der Waals surface area contributed by atoms with Crippen LogP contribution in [0.1, 0.15) is 51.9 Å². The van der Waals surface area contributed by atoms with Crippen LogP contribution in [0.15, 0.2) is 0 Å². The summed E-state index contributed by atoms with van der Waals surface area (Å²) >= 11 is 0. The molecule has 1 fully saturated rings. The standard InChI is InChI=1S/C13H27BN2O4/c1-13(15,8-4-2-3-7-11(17)18)12(14(19)20)16-9-5-6-10-16/h12,19-20H,2-10,15H2,1H3,(H,17,18). The molecule has 2 atom stereocenters. The lowest BCUT2D eigenvalue weighted by atomic mass is 9.66. The molecule has 0 saturated carbocycles. The van der Waals surface area contributed by atoms with Crippen molar-refractivity contribution in [3.63, 3.8) is 0 Å². The lowest BCUT2D eigenvalue weighted by molar-refractivity contribution is -0.137. The van der Waals surface area contributed by atoms with Gasteiger partial charge in [-0.05, 0) is 45.7 Å². The third kappa shape index (κ3) is 5.40. The predicted octanol–water partition coefficient (Wildman–Crippen LogP) is 0.215. The Kier molecular flexibility index (Phi) is 6.95. The molecule has 0 aliphatic carbocycles. The highest BCUT2D eigenvalue weighted by atomic mass is 16.4. The van der Waals surface area contributed by atoms with E-state index in [1.54, 1.807) is 0 Å². The van der Waals surface area contributed by atoms with Crippen LogP contribution in [0.2, 0.25) is 0 Å². The average molecular weight is 286 g/mol. The van der Waals surface area contributed by atoms with Crippen molar-refractivity contribution in [2.24, 2.45) is 5.73 Å². The lowest BCUT2D eigenvalue weighted by Gasteiger charge is -2.39. The minimum absolute atomic E-state index is 0.180. The van der Waals surface area contributed by atoms with Gasteiger partial charge < -0.3 is 25.8 Å². The van der Waals surface area contributed by atoms with E-state index in [0.29, 0.717) is 12.8 Å². The number of aliphatic carboxylic acids is 1. The highest BCUT2D eigenvalue weighted by molar-refractivity contribution is 6.43. The van der Waals surface area contributed by atoms with Crippen LogP contribution in [0.3, 0.4) is 0 Å². The van der Waals surface area contributed by atoms with Crippen LogP contribution in [0.4, 0.5) is 0 Å². The first-order valence-electron chi connectivity index (χ1n) is 7.45. The summed E-state index contributed by atoms with van der Waals surface area (Å²) in [7, 11) is -1.44. The van der Waals surface area contributed by atoms with Gasteiger partial charge in [0, 0.05) is 12.0 Å². The molecular weight excluding hydrogens is 259 g/mol. The normalized spacial score (nSPS) is 20.6. The molecule has 1 aliphatic rings. The highest BCUT2D eigenvalue weighted by Gasteiger charge is 2.42. The van der Waals surface area contributed by atoms with E-state index in [2.05, 4.69) is 4.90 Å². The van der Waals surface area contributed by atoms with Crippen LogP contribution in [0.25, 0.3) is 0 Å². The van der Waals surface area contributed by atoms with Crippen molar-refractivity contribution in [2.75, 3.05) is 13.1 Å². The molecule has 2 unspecified atom stereocenters. The Bertz CT molecular complexity index is 307. The van der Waals surface area contributed by atoms with Gasteiger partial charge in [-0.1, -0.05) is 12.8 Å². The second kappa shape index (κ2) is 7.97. The molecule has 6 nitrogen and oxygen atoms in total. The van der Waals surface area contributed by atoms with Crippen LogP contribution in [0.5, 0.6) is 0 Å². The van der Waals surface area contributed by atoms with Crippen LogP contribution in [0, 0.1) is 0 Å². The minimum atomic E-state index is -1.44. The van der Waals surface area contributed by atoms with Gasteiger partial charge in [-0.2, -0.15) is 0 Å². The Labute approximate surface area is 121 Å². The summed E-state index contributed by atoms with van der Waals surface area (Å²) in [4.78, 5) is 12.5. The molecule has 0 aromatic carbocycles. The maximum absolute atomic E-state index is 10.4. The SMILES string of the molecule is CC(N)(CCCCCC(=O)O)C(B(O)O)N1CCCC1. The van der Waals surface area contributed by atoms with E-state index in [4.69, 9.17) is 10.8 Å². The second-order valence-corrected chi connectivity index (χ2v) is 6.06. The molecule has 1 heterocycles. The Morgan fingerprint density at radius 1 is 1.30 bits per heavy atom. The molecular formula is C13H27BN2O4. The number of unbranched alkanes of at least 4 members (excludes halogenated alkanes) is 2. The van der Waals surface area contributed by atoms with E-state index in [1.165, 1.54) is 0 Å². The number of likely N-dealkylation sites (tertiary alicyclic amines) is 1. The number of rotatable bonds is 9. The van der Waals surface area contributed by atoms with Crippen LogP contribution in [-0.4, -0.2) is 57.7 Å². The molecule has 1 rings (SSSR count). The van der Waals surface area contributed by atoms with Gasteiger partial charge in [0.25, 0.3) is 0 Å². The summed E-state index contributed by atoms with van der Waals surface area (Å²) in [5, 5.41) is 27.9. The van der Waals surface area contributed by atoms with E-state index in [0.717, 1.165) is 38.8 Å². The van der Waals surface area contributed by atoms with Gasteiger partial charge in [-0.15, -0.1) is 0 Å². The number of nitrogens with two attached hydrogens (primary N) is 1. The van der Waals surface area contributed by atoms with Gasteiger partial charge in [0.2, 0.25) is 0 Å². The van der Waals surface area contributed by atoms with Gasteiger partial charge in [0.1, 0.15) is 0 Å². The first kappa shape index (κ1) is 17.4. The van der Waals surface area contributed by atoms with Gasteiger partial charge >= 0.3 is 13.1 Å². The van der Waals surface area contributed by atoms with Gasteiger partial charge in [0.15, 0.2) is 0 Å². The summed E-state index contributed by atoms with van der Waals surface area (Å²) in [6.07, 6.45) is 5.22. The summed E-state index contributed by atoms with van der Waals surface area (Å²) in [6.45, 7) is 3.56. The molecule has 0 radical (unpaired) electrons. The fraction of sp³-hybridized carbons (Fsp3) is 0.923. The third-order valence-electron chi connectivity index (χ3n) is 4.10. The fourth-order valence-corrected chi connectivity index (χ4v) is 3.07. The summed E-state index contributed by atoms with van der Waals surface area (Å²) < 4.78 is 0. The Balaban J connectivity index is 2.44. The quantitative estimate of drug-likeness (QED) is 0.357. The van der Waals surface area contributed by atoms with Crippen molar-refractivity contribution in [1.82, 2.24) is 4.90 Å². The Hall–Kier alpha value is -0.625. The van der Waals surface area contributed by atoms with E-state index in [1.807, 2.05) is 6.92 Å². The van der Waals surface area contributed by atoms with Crippen molar-refractivity contribution in [3.8, 4) is 0 Å². The topological polar surface area (TPSA) is 107 Å². The number of carboxylic acid groups (broad SMARTS) is 1. The minimum Gasteiger partial charge on any atom is -0.481 e. The van der Waals surface area contributed by atoms with Crippen LogP contribution < -0.4 is 5.73 Å². The zero-order valence-corrected chi connectivity index (χ0v) is 12.3. The number of hydrogen-bond donors (Lipinski definition) is 4. The molecule has 0 aromatic rings. The molecule has 5 N–H and O–H groups in total. The van der Waals surface area contributed by atoms with E-state index < -0.39 is 24.6 Å². The molecule has 1 saturated heterocycles. The van der Waals surface area contributed by atoms with Crippen molar-refractivity contribution in [1.29, 1.82) is 0 Å². The molecule has 0 amide bonds. The molecule has 1 aliphatic heterocycles. The zero-order chi connectivity index (χ0) is 15.2. The monoisotopic (exact) mass is 286 g/mol. The van der Waals surface area contributed by atoms with Gasteiger partial charge in [0.05, 0.1) is 5.94 Å². The van der Waals surface area contributed by atoms with Crippen LogP contribution >= 0.6 is 0 Å². The predicted molar refractivity (Wildman–Crippen MR) is 78.1 cm³/mol. The smallest absolute Gasteiger partial charge is 0.471 e. The van der Waals surface area contributed by atoms with Crippen molar-refractivity contribution in [3.05, 3.63) is 0 Å². The second-order valence-electron chi connectivity index (χ2n) is 6.06. The van der Waals surface area contributed by atoms with Crippen molar-refractivity contribution in [2.45, 2.75) is 63.3 Å². The molecule has 0 bridgehead atoms. The lowest BCUT2D eigenvalue weighted by Crippen LogP contribution is -2.63. The van der Waals surface area contributed by atoms with Crippen molar-refractivity contribution >= 4 is 13.1 Å². The first-order chi connectivity index (χ1) is 9.34. The average Bonchev–Trinajstić information content (AvgIpc) is 2.80. The third-order valence-corrected chi connectivity index (χ3v) is 4.10. The number of carbonyl (C=O) groups is 1. The Morgan fingerprint density at radius 3 is 2.40 bits per heavy atom. The van der Waals surface area contributed by atoms with E-state index in [9.17, 15) is 14.8 Å². The molecule has 7 heteroatoms. The number of nitrogens with zero attached hydrogens (tertiary/aromatic N) is 1. The summed E-state index contributed by atoms with van der Waals surface area (Å²) in [6, 6.07) is 0. The van der Waals surface area contributed by atoms with Crippen molar-refractivity contribution < 1.29 is 19.9 Å². The zero-order valence-electron chi connectivity index (χ0n) is 12.3. The molecule has 0 spiro atoms. The number of hydrogen-bond acceptors (Lipinski definition) is 5. The van der Waals surface area contributed by atoms with Gasteiger partial charge in [-0.25, -0.2) is 0 Å². The summed E-state index contributed by atoms with van der Waals surface area (Å²) in [5.41, 5.74) is 5.63. The van der Waals surface area contributed by atoms with Crippen LogP contribution in [-0.2, 0) is 4.79 Å². The highest BCUT2D eigenvalue weighted by Crippen LogP contribution is 2.25. The molecule has 116 valence electrons. The maximum Gasteiger partial charge on any atom is 0.471 e. The fourth-order valence-electron chi connectivity index (χ4n) is 3.07. The molecule has 0 aromatic heterocycles. The largest absolute Gasteiger partial charge is 0.481 e. The number of carboxylic acids is 1. The first-order valence-corrected chi connectivity index (χ1v) is 7.45. The summed E-state index contributed by atoms with van der Waals surface area (Å²) in [5.74, 6) is -1.23. The Morgan fingerprint density at radius 2 is 1.90 bits per heavy atom.